The second kappa shape index (κ2) is 6.24. The highest BCUT2D eigenvalue weighted by Gasteiger charge is 2.06. The molecule has 1 aromatic rings. The Bertz CT molecular complexity index is 299. The number of benzene rings is 1. The van der Waals surface area contributed by atoms with Crippen LogP contribution >= 0.6 is 0 Å². The Kier molecular flexibility index (Phi) is 4.90. The first-order chi connectivity index (χ1) is 7.20. The molecule has 0 radical (unpaired) electrons. The highest BCUT2D eigenvalue weighted by Crippen LogP contribution is 2.03. The fourth-order valence-electron chi connectivity index (χ4n) is 1.11. The predicted molar refractivity (Wildman–Crippen MR) is 52.2 cm³/mol. The van der Waals surface area contributed by atoms with Gasteiger partial charge < -0.3 is 4.74 Å². The van der Waals surface area contributed by atoms with Crippen LogP contribution in [-0.2, 0) is 4.74 Å². The average molecular weight is 214 g/mol. The molecule has 0 saturated carbocycles. The van der Waals surface area contributed by atoms with E-state index < -0.39 is 13.0 Å². The van der Waals surface area contributed by atoms with Gasteiger partial charge in [0.2, 0.25) is 0 Å². The number of alkyl halides is 2. The molecule has 0 aliphatic rings. The zero-order valence-corrected chi connectivity index (χ0v) is 8.16. The Balaban J connectivity index is 2.25. The molecule has 15 heavy (non-hydrogen) atoms. The van der Waals surface area contributed by atoms with Gasteiger partial charge in [-0.05, 0) is 0 Å². The van der Waals surface area contributed by atoms with Crippen molar-refractivity contribution in [3.05, 3.63) is 35.9 Å². The lowest BCUT2D eigenvalue weighted by atomic mass is 10.1. The molecular formula is C11H12F2O2. The van der Waals surface area contributed by atoms with Crippen LogP contribution in [0.4, 0.5) is 8.78 Å². The van der Waals surface area contributed by atoms with E-state index in [2.05, 4.69) is 4.74 Å². The number of hydrogen-bond donors (Lipinski definition) is 0. The molecule has 0 heterocycles. The van der Waals surface area contributed by atoms with Crippen molar-refractivity contribution in [2.45, 2.75) is 12.8 Å². The first kappa shape index (κ1) is 11.8. The summed E-state index contributed by atoms with van der Waals surface area (Å²) in [6.07, 6.45) is -2.34. The fraction of sp³-hybridized carbons (Fsp3) is 0.364. The number of rotatable bonds is 6. The Hall–Kier alpha value is -1.29. The van der Waals surface area contributed by atoms with Crippen LogP contribution in [0, 0.1) is 0 Å². The van der Waals surface area contributed by atoms with E-state index in [1.807, 2.05) is 6.07 Å². The smallest absolute Gasteiger partial charge is 0.261 e. The SMILES string of the molecule is O=C(CCOCC(F)F)c1ccccc1. The molecule has 0 aliphatic heterocycles. The van der Waals surface area contributed by atoms with E-state index in [1.54, 1.807) is 24.3 Å². The molecule has 0 unspecified atom stereocenters. The topological polar surface area (TPSA) is 26.3 Å². The van der Waals surface area contributed by atoms with Crippen LogP contribution in [0.5, 0.6) is 0 Å². The van der Waals surface area contributed by atoms with Crippen molar-refractivity contribution >= 4 is 5.78 Å². The quantitative estimate of drug-likeness (QED) is 0.537. The number of hydrogen-bond acceptors (Lipinski definition) is 2. The normalized spacial score (nSPS) is 10.6. The average Bonchev–Trinajstić information content (AvgIpc) is 2.25. The fourth-order valence-corrected chi connectivity index (χ4v) is 1.11. The number of Topliss-reactive ketones (excluding diaryl/α,β-unsaturated/α-hetero) is 1. The Labute approximate surface area is 86.9 Å². The van der Waals surface area contributed by atoms with Gasteiger partial charge in [-0.15, -0.1) is 0 Å². The second-order valence-corrected chi connectivity index (χ2v) is 3.01. The van der Waals surface area contributed by atoms with E-state index in [9.17, 15) is 13.6 Å². The van der Waals surface area contributed by atoms with E-state index in [1.165, 1.54) is 0 Å². The summed E-state index contributed by atoms with van der Waals surface area (Å²) in [4.78, 5) is 11.4. The monoisotopic (exact) mass is 214 g/mol. The highest BCUT2D eigenvalue weighted by atomic mass is 19.3. The molecule has 0 aromatic heterocycles. The third-order valence-electron chi connectivity index (χ3n) is 1.81. The summed E-state index contributed by atoms with van der Waals surface area (Å²) in [5.41, 5.74) is 0.582. The maximum Gasteiger partial charge on any atom is 0.261 e. The molecule has 0 amide bonds. The first-order valence-corrected chi connectivity index (χ1v) is 4.64. The molecular weight excluding hydrogens is 202 g/mol. The minimum atomic E-state index is -2.48. The number of ether oxygens (including phenoxy) is 1. The van der Waals surface area contributed by atoms with Crippen LogP contribution < -0.4 is 0 Å². The van der Waals surface area contributed by atoms with Gasteiger partial charge in [0.05, 0.1) is 6.61 Å². The van der Waals surface area contributed by atoms with Crippen LogP contribution in [0.2, 0.25) is 0 Å². The Morgan fingerprint density at radius 1 is 1.27 bits per heavy atom. The zero-order chi connectivity index (χ0) is 11.1. The lowest BCUT2D eigenvalue weighted by Crippen LogP contribution is -2.09. The van der Waals surface area contributed by atoms with E-state index >= 15 is 0 Å². The van der Waals surface area contributed by atoms with E-state index in [4.69, 9.17) is 0 Å². The molecule has 4 heteroatoms. The molecule has 1 aromatic carbocycles. The third-order valence-corrected chi connectivity index (χ3v) is 1.81. The Morgan fingerprint density at radius 3 is 2.53 bits per heavy atom. The van der Waals surface area contributed by atoms with Crippen LogP contribution in [0.3, 0.4) is 0 Å². The maximum absolute atomic E-state index is 11.7. The molecule has 0 N–H and O–H groups in total. The van der Waals surface area contributed by atoms with E-state index in [-0.39, 0.29) is 18.8 Å². The summed E-state index contributed by atoms with van der Waals surface area (Å²) in [5, 5.41) is 0. The number of ketones is 1. The zero-order valence-electron chi connectivity index (χ0n) is 8.16. The number of carbonyl (C=O) groups excluding carboxylic acids is 1. The van der Waals surface area contributed by atoms with Crippen molar-refractivity contribution in [3.63, 3.8) is 0 Å². The largest absolute Gasteiger partial charge is 0.375 e. The van der Waals surface area contributed by atoms with Gasteiger partial charge in [0.1, 0.15) is 6.61 Å². The molecule has 0 saturated heterocycles. The summed E-state index contributed by atoms with van der Waals surface area (Å²) in [6, 6.07) is 8.70. The van der Waals surface area contributed by atoms with Crippen molar-refractivity contribution in [2.24, 2.45) is 0 Å². The van der Waals surface area contributed by atoms with Crippen molar-refractivity contribution < 1.29 is 18.3 Å². The van der Waals surface area contributed by atoms with E-state index in [0.29, 0.717) is 5.56 Å². The summed E-state index contributed by atoms with van der Waals surface area (Å²) in [5.74, 6) is -0.0927. The third kappa shape index (κ3) is 4.65. The molecule has 82 valence electrons. The minimum Gasteiger partial charge on any atom is -0.375 e. The summed E-state index contributed by atoms with van der Waals surface area (Å²) < 4.78 is 28.0. The molecule has 0 fully saturated rings. The maximum atomic E-state index is 11.7. The van der Waals surface area contributed by atoms with Gasteiger partial charge in [-0.1, -0.05) is 30.3 Å². The Morgan fingerprint density at radius 2 is 1.93 bits per heavy atom. The van der Waals surface area contributed by atoms with Gasteiger partial charge in [-0.2, -0.15) is 0 Å². The van der Waals surface area contributed by atoms with Crippen LogP contribution in [0.1, 0.15) is 16.8 Å². The molecule has 0 bridgehead atoms. The number of halogens is 2. The summed E-state index contributed by atoms with van der Waals surface area (Å²) in [7, 11) is 0. The van der Waals surface area contributed by atoms with Gasteiger partial charge in [0.25, 0.3) is 6.43 Å². The summed E-state index contributed by atoms with van der Waals surface area (Å²) in [6.45, 7) is -0.569. The molecule has 2 nitrogen and oxygen atoms in total. The van der Waals surface area contributed by atoms with Gasteiger partial charge >= 0.3 is 0 Å². The molecule has 0 aliphatic carbocycles. The molecule has 0 atom stereocenters. The van der Waals surface area contributed by atoms with Gasteiger partial charge in [0.15, 0.2) is 5.78 Å². The van der Waals surface area contributed by atoms with Gasteiger partial charge in [-0.3, -0.25) is 4.79 Å². The predicted octanol–water partition coefficient (Wildman–Crippen LogP) is 2.54. The summed E-state index contributed by atoms with van der Waals surface area (Å²) >= 11 is 0. The van der Waals surface area contributed by atoms with Crippen LogP contribution in [0.15, 0.2) is 30.3 Å². The van der Waals surface area contributed by atoms with Crippen LogP contribution in [0.25, 0.3) is 0 Å². The standard InChI is InChI=1S/C11H12F2O2/c12-11(13)8-15-7-6-10(14)9-4-2-1-3-5-9/h1-5,11H,6-8H2. The highest BCUT2D eigenvalue weighted by molar-refractivity contribution is 5.96. The molecule has 1 rings (SSSR count). The minimum absolute atomic E-state index is 0.0397. The van der Waals surface area contributed by atoms with Crippen LogP contribution in [-0.4, -0.2) is 25.4 Å². The van der Waals surface area contributed by atoms with Crippen molar-refractivity contribution in [1.29, 1.82) is 0 Å². The number of carbonyl (C=O) groups is 1. The second-order valence-electron chi connectivity index (χ2n) is 3.01. The van der Waals surface area contributed by atoms with Gasteiger partial charge in [-0.25, -0.2) is 8.78 Å². The molecule has 0 spiro atoms. The lowest BCUT2D eigenvalue weighted by Gasteiger charge is -2.02. The van der Waals surface area contributed by atoms with E-state index in [0.717, 1.165) is 0 Å². The van der Waals surface area contributed by atoms with Gasteiger partial charge in [0, 0.05) is 12.0 Å². The van der Waals surface area contributed by atoms with Crippen molar-refractivity contribution in [1.82, 2.24) is 0 Å². The van der Waals surface area contributed by atoms with Crippen molar-refractivity contribution in [3.8, 4) is 0 Å². The van der Waals surface area contributed by atoms with Crippen molar-refractivity contribution in [2.75, 3.05) is 13.2 Å². The first-order valence-electron chi connectivity index (χ1n) is 4.64. The lowest BCUT2D eigenvalue weighted by molar-refractivity contribution is 0.0170.